The molecular formula is C25H25ClIN3O4S. The molecule has 1 atom stereocenters. The highest BCUT2D eigenvalue weighted by atomic mass is 127. The molecule has 3 aromatic rings. The summed E-state index contributed by atoms with van der Waals surface area (Å²) in [4.78, 5) is 27.5. The molecule has 184 valence electrons. The van der Waals surface area contributed by atoms with Crippen LogP contribution in [0.4, 0.5) is 5.69 Å². The van der Waals surface area contributed by atoms with Gasteiger partial charge in [-0.25, -0.2) is 8.42 Å². The minimum atomic E-state index is -4.07. The number of benzene rings is 3. The van der Waals surface area contributed by atoms with Gasteiger partial charge in [-0.2, -0.15) is 0 Å². The number of carbonyl (C=O) groups is 2. The van der Waals surface area contributed by atoms with Crippen molar-refractivity contribution in [1.29, 1.82) is 0 Å². The van der Waals surface area contributed by atoms with Crippen LogP contribution in [0.5, 0.6) is 0 Å². The van der Waals surface area contributed by atoms with Gasteiger partial charge in [-0.1, -0.05) is 48.0 Å². The van der Waals surface area contributed by atoms with Gasteiger partial charge in [0.05, 0.1) is 10.6 Å². The molecule has 0 unspecified atom stereocenters. The molecule has 0 bridgehead atoms. The second-order valence-electron chi connectivity index (χ2n) is 7.70. The van der Waals surface area contributed by atoms with E-state index in [4.69, 9.17) is 11.6 Å². The van der Waals surface area contributed by atoms with Crippen molar-refractivity contribution >= 4 is 61.7 Å². The Balaban J connectivity index is 2.02. The first kappa shape index (κ1) is 27.0. The zero-order chi connectivity index (χ0) is 25.6. The van der Waals surface area contributed by atoms with Crippen molar-refractivity contribution in [2.75, 3.05) is 17.9 Å². The van der Waals surface area contributed by atoms with Gasteiger partial charge >= 0.3 is 0 Å². The van der Waals surface area contributed by atoms with E-state index in [1.54, 1.807) is 73.7 Å². The third kappa shape index (κ3) is 6.53. The molecule has 0 aliphatic carbocycles. The van der Waals surface area contributed by atoms with Crippen LogP contribution in [0.15, 0.2) is 83.8 Å². The lowest BCUT2D eigenvalue weighted by Gasteiger charge is -2.32. The Kier molecular flexibility index (Phi) is 9.15. The number of nitrogens with one attached hydrogen (secondary N) is 1. The second kappa shape index (κ2) is 11.9. The largest absolute Gasteiger partial charge is 0.357 e. The van der Waals surface area contributed by atoms with E-state index >= 15 is 0 Å². The SMILES string of the molecule is CNC(=O)[C@H](C)N(Cc1ccccc1Cl)C(=O)CN(c1ccc(I)cc1)S(=O)(=O)c1ccccc1. The average Bonchev–Trinajstić information content (AvgIpc) is 2.86. The molecule has 7 nitrogen and oxygen atoms in total. The number of sulfonamides is 1. The molecule has 0 fully saturated rings. The van der Waals surface area contributed by atoms with Crippen LogP contribution in [-0.4, -0.2) is 44.8 Å². The number of halogens is 2. The van der Waals surface area contributed by atoms with Crippen LogP contribution in [0.2, 0.25) is 5.02 Å². The van der Waals surface area contributed by atoms with Crippen molar-refractivity contribution in [2.45, 2.75) is 24.4 Å². The zero-order valence-electron chi connectivity index (χ0n) is 19.2. The predicted molar refractivity (Wildman–Crippen MR) is 146 cm³/mol. The smallest absolute Gasteiger partial charge is 0.264 e. The normalized spacial score (nSPS) is 12.0. The molecular weight excluding hydrogens is 601 g/mol. The summed E-state index contributed by atoms with van der Waals surface area (Å²) in [6.07, 6.45) is 0. The number of anilines is 1. The van der Waals surface area contributed by atoms with Crippen LogP contribution in [0.1, 0.15) is 12.5 Å². The molecule has 3 rings (SSSR count). The van der Waals surface area contributed by atoms with Crippen LogP contribution >= 0.6 is 34.2 Å². The number of hydrogen-bond acceptors (Lipinski definition) is 4. The molecule has 10 heteroatoms. The van der Waals surface area contributed by atoms with Gasteiger partial charge in [0.15, 0.2) is 0 Å². The van der Waals surface area contributed by atoms with E-state index in [1.165, 1.54) is 24.1 Å². The van der Waals surface area contributed by atoms with Gasteiger partial charge in [0.2, 0.25) is 11.8 Å². The number of hydrogen-bond donors (Lipinski definition) is 1. The van der Waals surface area contributed by atoms with E-state index in [1.807, 2.05) is 0 Å². The summed E-state index contributed by atoms with van der Waals surface area (Å²) in [7, 11) is -2.59. The second-order valence-corrected chi connectivity index (χ2v) is 11.2. The Morgan fingerprint density at radius 1 is 0.971 bits per heavy atom. The Morgan fingerprint density at radius 3 is 2.17 bits per heavy atom. The molecule has 35 heavy (non-hydrogen) atoms. The summed E-state index contributed by atoms with van der Waals surface area (Å²) in [6.45, 7) is 1.14. The molecule has 0 saturated heterocycles. The number of nitrogens with zero attached hydrogens (tertiary/aromatic N) is 2. The Labute approximate surface area is 224 Å². The number of carbonyl (C=O) groups excluding carboxylic acids is 2. The average molecular weight is 626 g/mol. The molecule has 0 heterocycles. The quantitative estimate of drug-likeness (QED) is 0.360. The summed E-state index contributed by atoms with van der Waals surface area (Å²) in [6, 6.07) is 20.9. The van der Waals surface area contributed by atoms with Crippen LogP contribution in [-0.2, 0) is 26.2 Å². The molecule has 0 aromatic heterocycles. The van der Waals surface area contributed by atoms with E-state index < -0.39 is 28.5 Å². The highest BCUT2D eigenvalue weighted by Crippen LogP contribution is 2.26. The van der Waals surface area contributed by atoms with Crippen molar-refractivity contribution in [2.24, 2.45) is 0 Å². The molecule has 0 saturated carbocycles. The Morgan fingerprint density at radius 2 is 1.57 bits per heavy atom. The van der Waals surface area contributed by atoms with Gasteiger partial charge in [0.25, 0.3) is 10.0 Å². The van der Waals surface area contributed by atoms with Crippen molar-refractivity contribution < 1.29 is 18.0 Å². The first-order chi connectivity index (χ1) is 16.6. The van der Waals surface area contributed by atoms with Crippen LogP contribution < -0.4 is 9.62 Å². The number of amides is 2. The van der Waals surface area contributed by atoms with Crippen molar-refractivity contribution in [1.82, 2.24) is 10.2 Å². The van der Waals surface area contributed by atoms with E-state index in [-0.39, 0.29) is 17.3 Å². The maximum atomic E-state index is 13.6. The van der Waals surface area contributed by atoms with Crippen molar-refractivity contribution in [3.05, 3.63) is 93.0 Å². The van der Waals surface area contributed by atoms with Crippen LogP contribution in [0, 0.1) is 3.57 Å². The van der Waals surface area contributed by atoms with Crippen molar-refractivity contribution in [3.63, 3.8) is 0 Å². The lowest BCUT2D eigenvalue weighted by atomic mass is 10.1. The van der Waals surface area contributed by atoms with Crippen LogP contribution in [0.25, 0.3) is 0 Å². The fourth-order valence-corrected chi connectivity index (χ4v) is 5.45. The molecule has 3 aromatic carbocycles. The minimum Gasteiger partial charge on any atom is -0.357 e. The van der Waals surface area contributed by atoms with E-state index in [9.17, 15) is 18.0 Å². The van der Waals surface area contributed by atoms with Gasteiger partial charge in [0, 0.05) is 22.2 Å². The van der Waals surface area contributed by atoms with E-state index in [0.717, 1.165) is 7.88 Å². The standard InChI is InChI=1S/C25H25ClIN3O4S/c1-18(25(32)28-2)29(16-19-8-6-7-11-23(19)26)24(31)17-30(21-14-12-20(27)13-15-21)35(33,34)22-9-4-3-5-10-22/h3-15,18H,16-17H2,1-2H3,(H,28,32)/t18-/m0/s1. The van der Waals surface area contributed by atoms with Crippen molar-refractivity contribution in [3.8, 4) is 0 Å². The summed E-state index contributed by atoms with van der Waals surface area (Å²) in [5.74, 6) is -0.920. The summed E-state index contributed by atoms with van der Waals surface area (Å²) >= 11 is 8.44. The molecule has 0 radical (unpaired) electrons. The fourth-order valence-electron chi connectivity index (χ4n) is 3.46. The number of likely N-dealkylation sites (N-methyl/N-ethyl adjacent to an activating group) is 1. The summed E-state index contributed by atoms with van der Waals surface area (Å²) < 4.78 is 29.2. The zero-order valence-corrected chi connectivity index (χ0v) is 22.9. The lowest BCUT2D eigenvalue weighted by Crippen LogP contribution is -2.50. The lowest BCUT2D eigenvalue weighted by molar-refractivity contribution is -0.139. The monoisotopic (exact) mass is 625 g/mol. The molecule has 0 spiro atoms. The Hall–Kier alpha value is -2.63. The first-order valence-corrected chi connectivity index (χ1v) is 13.6. The van der Waals surface area contributed by atoms with Crippen LogP contribution in [0.3, 0.4) is 0 Å². The van der Waals surface area contributed by atoms with E-state index in [0.29, 0.717) is 16.3 Å². The predicted octanol–water partition coefficient (Wildman–Crippen LogP) is 4.30. The van der Waals surface area contributed by atoms with Gasteiger partial charge < -0.3 is 10.2 Å². The first-order valence-electron chi connectivity index (χ1n) is 10.7. The Bertz CT molecular complexity index is 1290. The number of rotatable bonds is 9. The van der Waals surface area contributed by atoms with Gasteiger partial charge in [-0.3, -0.25) is 13.9 Å². The molecule has 2 amide bonds. The third-order valence-electron chi connectivity index (χ3n) is 5.44. The highest BCUT2D eigenvalue weighted by molar-refractivity contribution is 14.1. The third-order valence-corrected chi connectivity index (χ3v) is 8.31. The summed E-state index contributed by atoms with van der Waals surface area (Å²) in [5, 5.41) is 2.99. The highest BCUT2D eigenvalue weighted by Gasteiger charge is 2.32. The molecule has 1 N–H and O–H groups in total. The fraction of sp³-hybridized carbons (Fsp3) is 0.200. The molecule has 0 aliphatic rings. The minimum absolute atomic E-state index is 0.0407. The maximum absolute atomic E-state index is 13.6. The molecule has 0 aliphatic heterocycles. The van der Waals surface area contributed by atoms with Gasteiger partial charge in [-0.05, 0) is 77.5 Å². The topological polar surface area (TPSA) is 86.8 Å². The summed E-state index contributed by atoms with van der Waals surface area (Å²) in [5.41, 5.74) is 0.984. The van der Waals surface area contributed by atoms with Gasteiger partial charge in [0.1, 0.15) is 12.6 Å². The maximum Gasteiger partial charge on any atom is 0.264 e. The van der Waals surface area contributed by atoms with E-state index in [2.05, 4.69) is 27.9 Å². The van der Waals surface area contributed by atoms with Gasteiger partial charge in [-0.15, -0.1) is 0 Å².